The first-order valence-corrected chi connectivity index (χ1v) is 11.4. The predicted octanol–water partition coefficient (Wildman–Crippen LogP) is 5.11. The highest BCUT2D eigenvalue weighted by Gasteiger charge is 2.49. The first-order chi connectivity index (χ1) is 15.6. The van der Waals surface area contributed by atoms with Gasteiger partial charge in [0, 0.05) is 49.6 Å². The zero-order valence-corrected chi connectivity index (χ0v) is 18.9. The highest BCUT2D eigenvalue weighted by atomic mass is 19.4. The molecule has 33 heavy (non-hydrogen) atoms. The van der Waals surface area contributed by atoms with Crippen LogP contribution >= 0.6 is 0 Å². The summed E-state index contributed by atoms with van der Waals surface area (Å²) in [7, 11) is 0. The molecular formula is C25H29F4N3O. The van der Waals surface area contributed by atoms with Crippen LogP contribution in [0.5, 0.6) is 0 Å². The Labute approximate surface area is 191 Å². The summed E-state index contributed by atoms with van der Waals surface area (Å²) in [6.07, 6.45) is -1.03. The molecule has 1 aromatic carbocycles. The maximum absolute atomic E-state index is 14.0. The molecule has 4 nitrogen and oxygen atoms in total. The van der Waals surface area contributed by atoms with Crippen LogP contribution in [0.4, 0.5) is 17.6 Å². The smallest absolute Gasteiger partial charge is 0.337 e. The first kappa shape index (κ1) is 23.7. The molecule has 1 saturated carbocycles. The zero-order chi connectivity index (χ0) is 23.8. The molecular weight excluding hydrogens is 434 g/mol. The lowest BCUT2D eigenvalue weighted by Gasteiger charge is -2.39. The third kappa shape index (κ3) is 4.76. The second-order valence-corrected chi connectivity index (χ2v) is 9.53. The van der Waals surface area contributed by atoms with Gasteiger partial charge in [0.1, 0.15) is 5.82 Å². The van der Waals surface area contributed by atoms with Gasteiger partial charge in [0.25, 0.3) is 0 Å². The Hall–Kier alpha value is -2.48. The third-order valence-corrected chi connectivity index (χ3v) is 7.27. The number of carbonyl (C=O) groups excluding carboxylic acids is 1. The van der Waals surface area contributed by atoms with Crippen molar-refractivity contribution >= 4 is 5.91 Å². The Balaban J connectivity index is 1.47. The topological polar surface area (TPSA) is 45.2 Å². The predicted molar refractivity (Wildman–Crippen MR) is 117 cm³/mol. The second-order valence-electron chi connectivity index (χ2n) is 9.53. The second kappa shape index (κ2) is 9.05. The van der Waals surface area contributed by atoms with Gasteiger partial charge in [-0.05, 0) is 42.9 Å². The minimum Gasteiger partial charge on any atom is -0.337 e. The molecule has 2 aromatic rings. The van der Waals surface area contributed by atoms with Crippen molar-refractivity contribution in [3.05, 3.63) is 64.7 Å². The molecule has 4 rings (SSSR count). The van der Waals surface area contributed by atoms with E-state index in [2.05, 4.69) is 10.3 Å². The van der Waals surface area contributed by atoms with Gasteiger partial charge in [-0.15, -0.1) is 0 Å². The van der Waals surface area contributed by atoms with Crippen molar-refractivity contribution in [2.75, 3.05) is 6.54 Å². The average Bonchev–Trinajstić information content (AvgIpc) is 3.22. The van der Waals surface area contributed by atoms with Crippen LogP contribution in [0.15, 0.2) is 36.5 Å². The van der Waals surface area contributed by atoms with Crippen molar-refractivity contribution in [2.45, 2.75) is 64.8 Å². The van der Waals surface area contributed by atoms with Crippen LogP contribution in [-0.4, -0.2) is 28.4 Å². The fourth-order valence-corrected chi connectivity index (χ4v) is 5.18. The van der Waals surface area contributed by atoms with Crippen LogP contribution in [0.3, 0.4) is 0 Å². The molecule has 0 saturated heterocycles. The van der Waals surface area contributed by atoms with Gasteiger partial charge in [0.05, 0.1) is 11.0 Å². The molecule has 1 fully saturated rings. The molecule has 1 N–H and O–H groups in total. The van der Waals surface area contributed by atoms with E-state index in [-0.39, 0.29) is 30.2 Å². The van der Waals surface area contributed by atoms with E-state index in [1.165, 1.54) is 6.07 Å². The Bertz CT molecular complexity index is 1020. The summed E-state index contributed by atoms with van der Waals surface area (Å²) in [6.45, 7) is 5.04. The summed E-state index contributed by atoms with van der Waals surface area (Å²) < 4.78 is 53.4. The summed E-state index contributed by atoms with van der Waals surface area (Å²) in [5.41, 5.74) is 0.315. The number of hydrogen-bond acceptors (Lipinski definition) is 3. The van der Waals surface area contributed by atoms with E-state index in [1.807, 2.05) is 13.8 Å². The van der Waals surface area contributed by atoms with E-state index < -0.39 is 17.2 Å². The van der Waals surface area contributed by atoms with Crippen LogP contribution in [0.25, 0.3) is 0 Å². The van der Waals surface area contributed by atoms with Crippen molar-refractivity contribution in [3.63, 3.8) is 0 Å². The molecule has 1 aliphatic heterocycles. The third-order valence-electron chi connectivity index (χ3n) is 7.27. The van der Waals surface area contributed by atoms with Crippen molar-refractivity contribution in [1.29, 1.82) is 0 Å². The number of rotatable bonds is 5. The van der Waals surface area contributed by atoms with Gasteiger partial charge in [0.2, 0.25) is 5.91 Å². The minimum absolute atomic E-state index is 0.00393. The molecule has 2 aliphatic rings. The molecule has 178 valence electrons. The maximum atomic E-state index is 14.0. The summed E-state index contributed by atoms with van der Waals surface area (Å²) in [6, 6.07) is 7.82. The van der Waals surface area contributed by atoms with Gasteiger partial charge in [0.15, 0.2) is 0 Å². The lowest BCUT2D eigenvalue weighted by Crippen LogP contribution is -2.48. The standard InChI is InChI=1S/C25H29F4N3O/c1-16(2)24(9-7-20(12-24)30-13-17-5-3-4-6-21(17)26)23(33)32-10-8-22-18(15-32)11-19(14-31-22)25(27,28)29/h3-6,11,14,16,20,30H,7-10,12-13,15H2,1-2H3/t20-,24+/m1/s1. The van der Waals surface area contributed by atoms with Crippen LogP contribution in [-0.2, 0) is 30.5 Å². The number of aromatic nitrogens is 1. The lowest BCUT2D eigenvalue weighted by molar-refractivity contribution is -0.145. The quantitative estimate of drug-likeness (QED) is 0.627. The van der Waals surface area contributed by atoms with Crippen LogP contribution in [0, 0.1) is 17.2 Å². The highest BCUT2D eigenvalue weighted by molar-refractivity contribution is 5.83. The highest BCUT2D eigenvalue weighted by Crippen LogP contribution is 2.46. The molecule has 0 unspecified atom stereocenters. The Morgan fingerprint density at radius 2 is 2.06 bits per heavy atom. The van der Waals surface area contributed by atoms with Crippen molar-refractivity contribution in [3.8, 4) is 0 Å². The van der Waals surface area contributed by atoms with Crippen LogP contribution in [0.1, 0.15) is 55.5 Å². The van der Waals surface area contributed by atoms with Gasteiger partial charge >= 0.3 is 6.18 Å². The largest absolute Gasteiger partial charge is 0.417 e. The molecule has 0 radical (unpaired) electrons. The number of fused-ring (bicyclic) bond motifs is 1. The molecule has 1 amide bonds. The Kier molecular flexibility index (Phi) is 6.49. The fraction of sp³-hybridized carbons (Fsp3) is 0.520. The lowest BCUT2D eigenvalue weighted by atomic mass is 9.74. The summed E-state index contributed by atoms with van der Waals surface area (Å²) in [4.78, 5) is 19.4. The maximum Gasteiger partial charge on any atom is 0.417 e. The van der Waals surface area contributed by atoms with Gasteiger partial charge in [-0.2, -0.15) is 13.2 Å². The van der Waals surface area contributed by atoms with E-state index in [4.69, 9.17) is 0 Å². The molecule has 1 aliphatic carbocycles. The van der Waals surface area contributed by atoms with Gasteiger partial charge < -0.3 is 10.2 Å². The van der Waals surface area contributed by atoms with Crippen LogP contribution < -0.4 is 5.32 Å². The molecule has 2 heterocycles. The molecule has 0 bridgehead atoms. The number of hydrogen-bond donors (Lipinski definition) is 1. The average molecular weight is 464 g/mol. The van der Waals surface area contributed by atoms with E-state index in [9.17, 15) is 22.4 Å². The number of alkyl halides is 3. The minimum atomic E-state index is -4.46. The summed E-state index contributed by atoms with van der Waals surface area (Å²) in [5, 5.41) is 3.40. The van der Waals surface area contributed by atoms with Crippen molar-refractivity contribution in [2.24, 2.45) is 11.3 Å². The van der Waals surface area contributed by atoms with Crippen LogP contribution in [0.2, 0.25) is 0 Å². The van der Waals surface area contributed by atoms with Gasteiger partial charge in [-0.1, -0.05) is 32.0 Å². The first-order valence-electron chi connectivity index (χ1n) is 11.4. The van der Waals surface area contributed by atoms with Gasteiger partial charge in [-0.25, -0.2) is 4.39 Å². The van der Waals surface area contributed by atoms with Crippen molar-refractivity contribution < 1.29 is 22.4 Å². The molecule has 2 atom stereocenters. The molecule has 1 aromatic heterocycles. The van der Waals surface area contributed by atoms with E-state index in [0.29, 0.717) is 49.2 Å². The number of carbonyl (C=O) groups is 1. The SMILES string of the molecule is CC(C)[C@]1(C(=O)N2CCc3ncc(C(F)(F)F)cc3C2)CC[C@@H](NCc2ccccc2F)C1. The zero-order valence-electron chi connectivity index (χ0n) is 18.9. The molecule has 0 spiro atoms. The number of halogens is 4. The van der Waals surface area contributed by atoms with E-state index in [0.717, 1.165) is 18.7 Å². The number of nitrogens with one attached hydrogen (secondary N) is 1. The molecule has 8 heteroatoms. The number of pyridine rings is 1. The monoisotopic (exact) mass is 463 g/mol. The van der Waals surface area contributed by atoms with Gasteiger partial charge in [-0.3, -0.25) is 9.78 Å². The normalized spacial score (nSPS) is 23.1. The Morgan fingerprint density at radius 3 is 2.76 bits per heavy atom. The van der Waals surface area contributed by atoms with Crippen molar-refractivity contribution in [1.82, 2.24) is 15.2 Å². The Morgan fingerprint density at radius 1 is 1.30 bits per heavy atom. The van der Waals surface area contributed by atoms with E-state index in [1.54, 1.807) is 23.1 Å². The fourth-order valence-electron chi connectivity index (χ4n) is 5.18. The summed E-state index contributed by atoms with van der Waals surface area (Å²) in [5.74, 6) is -0.185. The summed E-state index contributed by atoms with van der Waals surface area (Å²) >= 11 is 0. The number of benzene rings is 1. The van der Waals surface area contributed by atoms with E-state index >= 15 is 0 Å². The number of amides is 1. The number of nitrogens with zero attached hydrogens (tertiary/aromatic N) is 2.